The van der Waals surface area contributed by atoms with Crippen molar-refractivity contribution in [3.63, 3.8) is 0 Å². The zero-order valence-corrected chi connectivity index (χ0v) is 11.8. The lowest BCUT2D eigenvalue weighted by Gasteiger charge is -2.20. The van der Waals surface area contributed by atoms with Crippen LogP contribution in [-0.2, 0) is 4.79 Å². The first-order valence-corrected chi connectivity index (χ1v) is 6.87. The molecule has 0 spiro atoms. The Kier molecular flexibility index (Phi) is 4.63. The van der Waals surface area contributed by atoms with Crippen LogP contribution in [0, 0.1) is 0 Å². The van der Waals surface area contributed by atoms with E-state index in [1.54, 1.807) is 24.3 Å². The molecule has 0 radical (unpaired) electrons. The number of aromatic amines is 1. The van der Waals surface area contributed by atoms with Crippen molar-refractivity contribution >= 4 is 16.9 Å². The summed E-state index contributed by atoms with van der Waals surface area (Å²) in [6.45, 7) is 0. The number of benzene rings is 1. The molecule has 1 aromatic heterocycles. The van der Waals surface area contributed by atoms with Gasteiger partial charge in [-0.25, -0.2) is 0 Å². The average Bonchev–Trinajstić information content (AvgIpc) is 2.85. The lowest BCUT2D eigenvalue weighted by atomic mass is 9.92. The molecule has 0 fully saturated rings. The maximum Gasteiger partial charge on any atom is 0.453 e. The smallest absolute Gasteiger partial charge is 0.453 e. The van der Waals surface area contributed by atoms with Crippen molar-refractivity contribution in [2.45, 2.75) is 37.3 Å². The summed E-state index contributed by atoms with van der Waals surface area (Å²) in [6, 6.07) is 6.82. The number of carboxylic acids is 1. The second-order valence-corrected chi connectivity index (χ2v) is 5.27. The van der Waals surface area contributed by atoms with Crippen LogP contribution in [0.25, 0.3) is 10.9 Å². The molecule has 1 atom stereocenters. The van der Waals surface area contributed by atoms with Crippen LogP contribution in [0.5, 0.6) is 0 Å². The summed E-state index contributed by atoms with van der Waals surface area (Å²) in [7, 11) is 0. The average molecular weight is 335 g/mol. The van der Waals surface area contributed by atoms with Crippen molar-refractivity contribution in [3.05, 3.63) is 36.0 Å². The van der Waals surface area contributed by atoms with E-state index in [-0.39, 0.29) is 6.42 Å². The minimum Gasteiger partial charge on any atom is -0.481 e. The summed E-state index contributed by atoms with van der Waals surface area (Å²) < 4.78 is 62.2. The summed E-state index contributed by atoms with van der Waals surface area (Å²) in [5.74, 6) is -7.21. The van der Waals surface area contributed by atoms with E-state index in [0.717, 1.165) is 0 Å². The van der Waals surface area contributed by atoms with Gasteiger partial charge in [0.25, 0.3) is 0 Å². The lowest BCUT2D eigenvalue weighted by molar-refractivity contribution is -0.284. The maximum absolute atomic E-state index is 12.9. The second kappa shape index (κ2) is 6.17. The number of aromatic nitrogens is 1. The topological polar surface area (TPSA) is 53.1 Å². The first kappa shape index (κ1) is 17.2. The molecule has 2 rings (SSSR count). The Balaban J connectivity index is 2.13. The van der Waals surface area contributed by atoms with Gasteiger partial charge in [0, 0.05) is 23.5 Å². The number of hydrogen-bond acceptors (Lipinski definition) is 1. The number of fused-ring (bicyclic) bond motifs is 1. The quantitative estimate of drug-likeness (QED) is 0.752. The molecule has 0 saturated heterocycles. The van der Waals surface area contributed by atoms with E-state index < -0.39 is 36.8 Å². The molecule has 0 aliphatic rings. The molecule has 126 valence electrons. The third-order valence-electron chi connectivity index (χ3n) is 3.69. The zero-order chi connectivity index (χ0) is 17.3. The number of carboxylic acid groups (broad SMARTS) is 1. The third kappa shape index (κ3) is 3.62. The monoisotopic (exact) mass is 335 g/mol. The number of rotatable bonds is 6. The molecule has 3 nitrogen and oxygen atoms in total. The third-order valence-corrected chi connectivity index (χ3v) is 3.69. The van der Waals surface area contributed by atoms with Gasteiger partial charge in [-0.1, -0.05) is 18.2 Å². The van der Waals surface area contributed by atoms with Crippen LogP contribution in [0.2, 0.25) is 0 Å². The van der Waals surface area contributed by atoms with Crippen LogP contribution >= 0.6 is 0 Å². The van der Waals surface area contributed by atoms with Crippen molar-refractivity contribution in [1.29, 1.82) is 0 Å². The first-order valence-electron chi connectivity index (χ1n) is 6.87. The number of hydrogen-bond donors (Lipinski definition) is 2. The Hall–Kier alpha value is -2.12. The molecule has 8 heteroatoms. The predicted octanol–water partition coefficient (Wildman–Crippen LogP) is 4.70. The van der Waals surface area contributed by atoms with Gasteiger partial charge in [0.1, 0.15) is 0 Å². The molecule has 0 amide bonds. The fraction of sp³-hybridized carbons (Fsp3) is 0.400. The highest BCUT2D eigenvalue weighted by Crippen LogP contribution is 2.40. The number of halogens is 5. The lowest BCUT2D eigenvalue weighted by Crippen LogP contribution is -2.36. The molecule has 2 aromatic rings. The Morgan fingerprint density at radius 1 is 1.17 bits per heavy atom. The SMILES string of the molecule is O=C(O)C(CCCC(F)(F)C(F)(F)F)c1c[nH]c2ccccc12. The molecule has 1 unspecified atom stereocenters. The van der Waals surface area contributed by atoms with Crippen molar-refractivity contribution in [2.75, 3.05) is 0 Å². The van der Waals surface area contributed by atoms with E-state index >= 15 is 0 Å². The van der Waals surface area contributed by atoms with Crippen molar-refractivity contribution in [1.82, 2.24) is 4.98 Å². The van der Waals surface area contributed by atoms with Gasteiger partial charge in [0.2, 0.25) is 0 Å². The zero-order valence-electron chi connectivity index (χ0n) is 11.8. The highest BCUT2D eigenvalue weighted by Gasteiger charge is 2.56. The molecule has 0 bridgehead atoms. The summed E-state index contributed by atoms with van der Waals surface area (Å²) in [5, 5.41) is 9.88. The predicted molar refractivity (Wildman–Crippen MR) is 73.5 cm³/mol. The second-order valence-electron chi connectivity index (χ2n) is 5.27. The molecule has 0 aliphatic heterocycles. The van der Waals surface area contributed by atoms with E-state index in [4.69, 9.17) is 0 Å². The van der Waals surface area contributed by atoms with Gasteiger partial charge in [-0.2, -0.15) is 22.0 Å². The van der Waals surface area contributed by atoms with Crippen molar-refractivity contribution in [3.8, 4) is 0 Å². The van der Waals surface area contributed by atoms with Crippen molar-refractivity contribution in [2.24, 2.45) is 0 Å². The van der Waals surface area contributed by atoms with Gasteiger partial charge in [0.15, 0.2) is 0 Å². The highest BCUT2D eigenvalue weighted by atomic mass is 19.4. The largest absolute Gasteiger partial charge is 0.481 e. The Morgan fingerprint density at radius 2 is 1.83 bits per heavy atom. The van der Waals surface area contributed by atoms with E-state index in [1.807, 2.05) is 0 Å². The molecule has 2 N–H and O–H groups in total. The van der Waals surface area contributed by atoms with Gasteiger partial charge in [-0.05, 0) is 24.5 Å². The normalized spacial score (nSPS) is 14.1. The maximum atomic E-state index is 12.9. The Labute approximate surface area is 128 Å². The van der Waals surface area contributed by atoms with Gasteiger partial charge in [-0.3, -0.25) is 4.79 Å². The van der Waals surface area contributed by atoms with E-state index in [0.29, 0.717) is 16.5 Å². The molecular formula is C15H14F5NO2. The van der Waals surface area contributed by atoms with Crippen LogP contribution in [-0.4, -0.2) is 28.2 Å². The number of aliphatic carboxylic acids is 1. The minimum atomic E-state index is -5.62. The molecule has 1 aromatic carbocycles. The molecule has 1 heterocycles. The fourth-order valence-corrected chi connectivity index (χ4v) is 2.46. The van der Waals surface area contributed by atoms with Crippen LogP contribution in [0.4, 0.5) is 22.0 Å². The van der Waals surface area contributed by atoms with Gasteiger partial charge in [0.05, 0.1) is 5.92 Å². The number of para-hydroxylation sites is 1. The van der Waals surface area contributed by atoms with E-state index in [2.05, 4.69) is 4.98 Å². The van der Waals surface area contributed by atoms with Crippen LogP contribution in [0.1, 0.15) is 30.7 Å². The van der Waals surface area contributed by atoms with Crippen LogP contribution in [0.15, 0.2) is 30.5 Å². The first-order chi connectivity index (χ1) is 10.6. The minimum absolute atomic E-state index is 0.303. The molecule has 23 heavy (non-hydrogen) atoms. The number of H-pyrrole nitrogens is 1. The van der Waals surface area contributed by atoms with Crippen LogP contribution < -0.4 is 0 Å². The summed E-state index contributed by atoms with van der Waals surface area (Å²) >= 11 is 0. The summed E-state index contributed by atoms with van der Waals surface area (Å²) in [4.78, 5) is 14.2. The summed E-state index contributed by atoms with van der Waals surface area (Å²) in [6.07, 6.45) is -6.45. The highest BCUT2D eigenvalue weighted by molar-refractivity contribution is 5.89. The number of alkyl halides is 5. The van der Waals surface area contributed by atoms with Gasteiger partial charge >= 0.3 is 18.1 Å². The Bertz CT molecular complexity index is 692. The van der Waals surface area contributed by atoms with Crippen molar-refractivity contribution < 1.29 is 31.9 Å². The van der Waals surface area contributed by atoms with Gasteiger partial charge in [-0.15, -0.1) is 0 Å². The fourth-order valence-electron chi connectivity index (χ4n) is 2.46. The molecular weight excluding hydrogens is 321 g/mol. The van der Waals surface area contributed by atoms with E-state index in [9.17, 15) is 31.9 Å². The number of carbonyl (C=O) groups is 1. The van der Waals surface area contributed by atoms with Crippen LogP contribution in [0.3, 0.4) is 0 Å². The standard InChI is InChI=1S/C15H14F5NO2/c16-14(17,15(18,19)20)7-3-5-10(13(22)23)11-8-21-12-6-2-1-4-9(11)12/h1-2,4,6,8,10,21H,3,5,7H2,(H,22,23). The van der Waals surface area contributed by atoms with Gasteiger partial charge < -0.3 is 10.1 Å². The number of nitrogens with one attached hydrogen (secondary N) is 1. The summed E-state index contributed by atoms with van der Waals surface area (Å²) in [5.41, 5.74) is 1.05. The molecule has 0 saturated carbocycles. The Morgan fingerprint density at radius 3 is 2.43 bits per heavy atom. The molecule has 0 aliphatic carbocycles. The van der Waals surface area contributed by atoms with E-state index in [1.165, 1.54) is 6.20 Å².